The van der Waals surface area contributed by atoms with Crippen molar-refractivity contribution in [2.24, 2.45) is 0 Å². The lowest BCUT2D eigenvalue weighted by Gasteiger charge is -2.06. The minimum absolute atomic E-state index is 0.168. The van der Waals surface area contributed by atoms with Crippen molar-refractivity contribution in [1.82, 2.24) is 4.98 Å². The Balaban J connectivity index is 2.07. The molecule has 0 fully saturated rings. The number of aromatic nitrogens is 1. The summed E-state index contributed by atoms with van der Waals surface area (Å²) < 4.78 is 4.64. The largest absolute Gasteiger partial charge is 0.512 e. The van der Waals surface area contributed by atoms with Crippen molar-refractivity contribution >= 4 is 6.16 Å². The Hall–Kier alpha value is -2.36. The summed E-state index contributed by atoms with van der Waals surface area (Å²) >= 11 is 0. The van der Waals surface area contributed by atoms with E-state index in [2.05, 4.69) is 9.72 Å². The number of hydrogen-bond acceptors (Lipinski definition) is 3. The van der Waals surface area contributed by atoms with E-state index in [0.29, 0.717) is 6.42 Å². The highest BCUT2D eigenvalue weighted by atomic mass is 16.7. The maximum absolute atomic E-state index is 10.5. The molecule has 0 aliphatic heterocycles. The molecule has 0 aliphatic carbocycles. The molecule has 4 heteroatoms. The van der Waals surface area contributed by atoms with Crippen molar-refractivity contribution < 1.29 is 14.6 Å². The fraction of sp³-hybridized carbons (Fsp3) is 0.143. The van der Waals surface area contributed by atoms with E-state index in [-0.39, 0.29) is 5.88 Å². The van der Waals surface area contributed by atoms with Gasteiger partial charge in [0.25, 0.3) is 0 Å². The van der Waals surface area contributed by atoms with Gasteiger partial charge in [-0.15, -0.1) is 0 Å². The van der Waals surface area contributed by atoms with Crippen molar-refractivity contribution in [3.63, 3.8) is 0 Å². The first-order chi connectivity index (χ1) is 8.75. The van der Waals surface area contributed by atoms with Gasteiger partial charge in [0.15, 0.2) is 0 Å². The fourth-order valence-corrected chi connectivity index (χ4v) is 1.71. The van der Waals surface area contributed by atoms with E-state index >= 15 is 0 Å². The summed E-state index contributed by atoms with van der Waals surface area (Å²) in [5.74, 6) is 0.168. The Kier molecular flexibility index (Phi) is 3.91. The van der Waals surface area contributed by atoms with Gasteiger partial charge in [-0.25, -0.2) is 9.78 Å². The topological polar surface area (TPSA) is 59.4 Å². The molecule has 18 heavy (non-hydrogen) atoms. The van der Waals surface area contributed by atoms with E-state index in [9.17, 15) is 4.79 Å². The molecule has 0 amide bonds. The number of pyridine rings is 1. The molecule has 0 atom stereocenters. The molecule has 0 aliphatic rings. The first-order valence-electron chi connectivity index (χ1n) is 5.64. The molecular weight excluding hydrogens is 230 g/mol. The highest BCUT2D eigenvalue weighted by molar-refractivity contribution is 5.60. The molecule has 0 bridgehead atoms. The van der Waals surface area contributed by atoms with Crippen molar-refractivity contribution in [2.45, 2.75) is 12.8 Å². The predicted molar refractivity (Wildman–Crippen MR) is 66.7 cm³/mol. The van der Waals surface area contributed by atoms with E-state index < -0.39 is 6.16 Å². The maximum Gasteiger partial charge on any atom is 0.512 e. The number of rotatable bonds is 4. The Labute approximate surface area is 105 Å². The smallest absolute Gasteiger partial charge is 0.449 e. The zero-order chi connectivity index (χ0) is 12.8. The van der Waals surface area contributed by atoms with Gasteiger partial charge in [-0.05, 0) is 24.5 Å². The number of benzene rings is 1. The van der Waals surface area contributed by atoms with Gasteiger partial charge >= 0.3 is 6.16 Å². The van der Waals surface area contributed by atoms with E-state index in [4.69, 9.17) is 5.11 Å². The summed E-state index contributed by atoms with van der Waals surface area (Å²) in [6.07, 6.45) is 1.70. The van der Waals surface area contributed by atoms with Crippen LogP contribution in [0.1, 0.15) is 11.1 Å². The zero-order valence-corrected chi connectivity index (χ0v) is 9.74. The average molecular weight is 243 g/mol. The average Bonchev–Trinajstić information content (AvgIpc) is 2.38. The Bertz CT molecular complexity index is 526. The second-order valence-electron chi connectivity index (χ2n) is 3.82. The Morgan fingerprint density at radius 1 is 1.11 bits per heavy atom. The van der Waals surface area contributed by atoms with Crippen LogP contribution in [0.5, 0.6) is 5.88 Å². The lowest BCUT2D eigenvalue weighted by molar-refractivity contribution is 0.142. The molecule has 92 valence electrons. The summed E-state index contributed by atoms with van der Waals surface area (Å²) in [5, 5.41) is 8.61. The van der Waals surface area contributed by atoms with Crippen LogP contribution in [-0.2, 0) is 12.8 Å². The molecule has 0 radical (unpaired) electrons. The third kappa shape index (κ3) is 3.31. The molecule has 1 N–H and O–H groups in total. The number of hydrogen-bond donors (Lipinski definition) is 1. The molecule has 4 nitrogen and oxygen atoms in total. The van der Waals surface area contributed by atoms with Crippen molar-refractivity contribution in [3.05, 3.63) is 59.8 Å². The summed E-state index contributed by atoms with van der Waals surface area (Å²) in [5.41, 5.74) is 1.99. The van der Waals surface area contributed by atoms with Crippen LogP contribution in [0.25, 0.3) is 0 Å². The highest BCUT2D eigenvalue weighted by Crippen LogP contribution is 2.17. The number of ether oxygens (including phenoxy) is 1. The molecule has 2 aromatic rings. The Morgan fingerprint density at radius 2 is 1.89 bits per heavy atom. The van der Waals surface area contributed by atoms with E-state index in [1.54, 1.807) is 6.07 Å². The van der Waals surface area contributed by atoms with Crippen molar-refractivity contribution in [1.29, 1.82) is 0 Å². The van der Waals surface area contributed by atoms with E-state index in [1.807, 2.05) is 36.4 Å². The minimum Gasteiger partial charge on any atom is -0.449 e. The Morgan fingerprint density at radius 3 is 2.61 bits per heavy atom. The van der Waals surface area contributed by atoms with Crippen LogP contribution in [0, 0.1) is 0 Å². The van der Waals surface area contributed by atoms with Gasteiger partial charge < -0.3 is 9.84 Å². The SMILES string of the molecule is O=C(O)Oc1ncccc1CCc1ccccc1. The van der Waals surface area contributed by atoms with Crippen LogP contribution in [0.4, 0.5) is 4.79 Å². The third-order valence-corrected chi connectivity index (χ3v) is 2.56. The number of nitrogens with zero attached hydrogens (tertiary/aromatic N) is 1. The van der Waals surface area contributed by atoms with E-state index in [1.165, 1.54) is 11.8 Å². The van der Waals surface area contributed by atoms with Gasteiger partial charge in [-0.3, -0.25) is 0 Å². The zero-order valence-electron chi connectivity index (χ0n) is 9.74. The molecule has 2 rings (SSSR count). The first-order valence-corrected chi connectivity index (χ1v) is 5.64. The van der Waals surface area contributed by atoms with Gasteiger partial charge in [0.1, 0.15) is 0 Å². The lowest BCUT2D eigenvalue weighted by atomic mass is 10.1. The molecule has 0 spiro atoms. The molecule has 1 aromatic heterocycles. The molecule has 0 unspecified atom stereocenters. The summed E-state index contributed by atoms with van der Waals surface area (Å²) in [4.78, 5) is 14.5. The molecule has 1 aromatic carbocycles. The quantitative estimate of drug-likeness (QED) is 0.839. The number of aryl methyl sites for hydroxylation is 2. The second-order valence-corrected chi connectivity index (χ2v) is 3.82. The molecular formula is C14H13NO3. The van der Waals surface area contributed by atoms with Crippen molar-refractivity contribution in [3.8, 4) is 5.88 Å². The lowest BCUT2D eigenvalue weighted by Crippen LogP contribution is -2.07. The number of carboxylic acid groups (broad SMARTS) is 1. The van der Waals surface area contributed by atoms with Gasteiger partial charge in [-0.1, -0.05) is 36.4 Å². The molecule has 1 heterocycles. The van der Waals surface area contributed by atoms with Crippen LogP contribution in [0.15, 0.2) is 48.7 Å². The van der Waals surface area contributed by atoms with Crippen LogP contribution in [0.2, 0.25) is 0 Å². The standard InChI is InChI=1S/C14H13NO3/c16-14(17)18-13-12(7-4-10-15-13)9-8-11-5-2-1-3-6-11/h1-7,10H,8-9H2,(H,16,17). The van der Waals surface area contributed by atoms with Crippen LogP contribution < -0.4 is 4.74 Å². The van der Waals surface area contributed by atoms with E-state index in [0.717, 1.165) is 12.0 Å². The fourth-order valence-electron chi connectivity index (χ4n) is 1.71. The summed E-state index contributed by atoms with van der Waals surface area (Å²) in [6, 6.07) is 13.6. The molecule has 0 saturated carbocycles. The van der Waals surface area contributed by atoms with Gasteiger partial charge in [0.05, 0.1) is 0 Å². The monoisotopic (exact) mass is 243 g/mol. The van der Waals surface area contributed by atoms with Crippen molar-refractivity contribution in [2.75, 3.05) is 0 Å². The normalized spacial score (nSPS) is 10.0. The van der Waals surface area contributed by atoms with Crippen LogP contribution >= 0.6 is 0 Å². The van der Waals surface area contributed by atoms with Gasteiger partial charge in [-0.2, -0.15) is 0 Å². The van der Waals surface area contributed by atoms with Crippen LogP contribution in [-0.4, -0.2) is 16.2 Å². The van der Waals surface area contributed by atoms with Gasteiger partial charge in [0.2, 0.25) is 5.88 Å². The second kappa shape index (κ2) is 5.82. The predicted octanol–water partition coefficient (Wildman–Crippen LogP) is 2.92. The third-order valence-electron chi connectivity index (χ3n) is 2.56. The van der Waals surface area contributed by atoms with Crippen LogP contribution in [0.3, 0.4) is 0 Å². The summed E-state index contributed by atoms with van der Waals surface area (Å²) in [6.45, 7) is 0. The highest BCUT2D eigenvalue weighted by Gasteiger charge is 2.08. The molecule has 0 saturated heterocycles. The minimum atomic E-state index is -1.34. The first kappa shape index (κ1) is 12.1. The maximum atomic E-state index is 10.5. The number of carbonyl (C=O) groups is 1. The summed E-state index contributed by atoms with van der Waals surface area (Å²) in [7, 11) is 0. The van der Waals surface area contributed by atoms with Gasteiger partial charge in [0, 0.05) is 11.8 Å².